The van der Waals surface area contributed by atoms with E-state index >= 15 is 0 Å². The maximum Gasteiger partial charge on any atom is 0.252 e. The molecular weight excluding hydrogens is 440 g/mol. The van der Waals surface area contributed by atoms with Crippen molar-refractivity contribution in [2.75, 3.05) is 13.2 Å². The van der Waals surface area contributed by atoms with E-state index in [0.717, 1.165) is 34.9 Å². The van der Waals surface area contributed by atoms with E-state index in [-0.39, 0.29) is 35.4 Å². The van der Waals surface area contributed by atoms with Crippen LogP contribution in [0.4, 0.5) is 0 Å². The zero-order valence-corrected chi connectivity index (χ0v) is 19.9. The Kier molecular flexibility index (Phi) is 6.52. The van der Waals surface area contributed by atoms with Gasteiger partial charge in [0.2, 0.25) is 10.0 Å². The standard InChI is InChI=1S/C25H28N2O5S/c1-16-10-17(2)23-13-20(25(29)26-24(23)11-16)14-27(15-21-7-5-9-32-21)33(30,31)22-8-4-6-19(12-22)18(3)28/h4,6,8,10-13,21H,5,7,9,14-15H2,1-3H3,(H,26,29). The lowest BCUT2D eigenvalue weighted by molar-refractivity contribution is 0.0925. The number of sulfonamides is 1. The van der Waals surface area contributed by atoms with Crippen LogP contribution in [0.25, 0.3) is 10.9 Å². The summed E-state index contributed by atoms with van der Waals surface area (Å²) in [6.07, 6.45) is 1.39. The molecule has 1 aromatic heterocycles. The Hall–Kier alpha value is -2.81. The van der Waals surface area contributed by atoms with Gasteiger partial charge in [0, 0.05) is 41.7 Å². The molecule has 1 unspecified atom stereocenters. The Bertz CT molecular complexity index is 1370. The maximum absolute atomic E-state index is 13.6. The van der Waals surface area contributed by atoms with E-state index < -0.39 is 10.0 Å². The summed E-state index contributed by atoms with van der Waals surface area (Å²) in [5.74, 6) is -0.213. The lowest BCUT2D eigenvalue weighted by atomic mass is 10.0. The van der Waals surface area contributed by atoms with Gasteiger partial charge in [0.1, 0.15) is 0 Å². The van der Waals surface area contributed by atoms with Crippen molar-refractivity contribution in [2.45, 2.75) is 51.2 Å². The van der Waals surface area contributed by atoms with Crippen LogP contribution in [-0.4, -0.2) is 42.7 Å². The van der Waals surface area contributed by atoms with E-state index in [4.69, 9.17) is 4.74 Å². The fourth-order valence-electron chi connectivity index (χ4n) is 4.31. The monoisotopic (exact) mass is 468 g/mol. The number of ketones is 1. The van der Waals surface area contributed by atoms with Crippen molar-refractivity contribution in [1.29, 1.82) is 0 Å². The third-order valence-electron chi connectivity index (χ3n) is 6.05. The van der Waals surface area contributed by atoms with Crippen molar-refractivity contribution < 1.29 is 17.9 Å². The molecule has 2 heterocycles. The summed E-state index contributed by atoms with van der Waals surface area (Å²) in [4.78, 5) is 27.6. The van der Waals surface area contributed by atoms with Gasteiger partial charge in [-0.15, -0.1) is 0 Å². The first kappa shape index (κ1) is 23.4. The second kappa shape index (κ2) is 9.21. The number of aromatic amines is 1. The molecule has 7 nitrogen and oxygen atoms in total. The number of nitrogens with zero attached hydrogens (tertiary/aromatic N) is 1. The van der Waals surface area contributed by atoms with Crippen LogP contribution in [0.5, 0.6) is 0 Å². The molecule has 3 aromatic rings. The fraction of sp³-hybridized carbons (Fsp3) is 0.360. The average Bonchev–Trinajstić information content (AvgIpc) is 3.27. The minimum atomic E-state index is -3.98. The third kappa shape index (κ3) is 4.93. The summed E-state index contributed by atoms with van der Waals surface area (Å²) >= 11 is 0. The molecular formula is C25H28N2O5S. The highest BCUT2D eigenvalue weighted by atomic mass is 32.2. The van der Waals surface area contributed by atoms with Gasteiger partial charge >= 0.3 is 0 Å². The molecule has 2 aromatic carbocycles. The summed E-state index contributed by atoms with van der Waals surface area (Å²) in [5.41, 5.74) is 3.13. The van der Waals surface area contributed by atoms with Crippen LogP contribution in [0.3, 0.4) is 0 Å². The van der Waals surface area contributed by atoms with Gasteiger partial charge < -0.3 is 9.72 Å². The highest BCUT2D eigenvalue weighted by Gasteiger charge is 2.30. The molecule has 0 bridgehead atoms. The van der Waals surface area contributed by atoms with E-state index in [1.54, 1.807) is 18.2 Å². The Morgan fingerprint density at radius 3 is 2.67 bits per heavy atom. The number of fused-ring (bicyclic) bond motifs is 1. The predicted octanol–water partition coefficient (Wildman–Crippen LogP) is 3.72. The molecule has 174 valence electrons. The molecule has 0 saturated carbocycles. The van der Waals surface area contributed by atoms with E-state index in [1.165, 1.54) is 23.4 Å². The normalized spacial score (nSPS) is 16.5. The van der Waals surface area contributed by atoms with Gasteiger partial charge in [0.05, 0.1) is 11.0 Å². The Morgan fingerprint density at radius 1 is 1.18 bits per heavy atom. The molecule has 0 spiro atoms. The van der Waals surface area contributed by atoms with Crippen molar-refractivity contribution in [3.8, 4) is 0 Å². The van der Waals surface area contributed by atoms with Gasteiger partial charge in [0.25, 0.3) is 5.56 Å². The van der Waals surface area contributed by atoms with E-state index in [9.17, 15) is 18.0 Å². The first-order valence-electron chi connectivity index (χ1n) is 11.0. The number of rotatable bonds is 7. The third-order valence-corrected chi connectivity index (χ3v) is 7.85. The summed E-state index contributed by atoms with van der Waals surface area (Å²) in [6, 6.07) is 11.7. The van der Waals surface area contributed by atoms with Crippen molar-refractivity contribution in [3.05, 3.63) is 75.1 Å². The quantitative estimate of drug-likeness (QED) is 0.533. The number of H-pyrrole nitrogens is 1. The molecule has 1 fully saturated rings. The Balaban J connectivity index is 1.76. The Labute approximate surface area is 193 Å². The van der Waals surface area contributed by atoms with Crippen LogP contribution in [0.1, 0.15) is 46.8 Å². The molecule has 33 heavy (non-hydrogen) atoms. The number of hydrogen-bond acceptors (Lipinski definition) is 5. The van der Waals surface area contributed by atoms with Crippen molar-refractivity contribution in [2.24, 2.45) is 0 Å². The van der Waals surface area contributed by atoms with Crippen LogP contribution < -0.4 is 5.56 Å². The summed E-state index contributed by atoms with van der Waals surface area (Å²) in [7, 11) is -3.98. The minimum absolute atomic E-state index is 0.0252. The molecule has 1 saturated heterocycles. The number of ether oxygens (including phenoxy) is 1. The topological polar surface area (TPSA) is 96.5 Å². The molecule has 1 atom stereocenters. The second-order valence-electron chi connectivity index (χ2n) is 8.68. The van der Waals surface area contributed by atoms with Crippen LogP contribution in [0.15, 0.2) is 52.2 Å². The Morgan fingerprint density at radius 2 is 1.97 bits per heavy atom. The first-order chi connectivity index (χ1) is 15.6. The fourth-order valence-corrected chi connectivity index (χ4v) is 5.81. The number of aromatic nitrogens is 1. The predicted molar refractivity (Wildman–Crippen MR) is 127 cm³/mol. The lowest BCUT2D eigenvalue weighted by Crippen LogP contribution is -2.38. The molecule has 8 heteroatoms. The SMILES string of the molecule is CC(=O)c1cccc(S(=O)(=O)N(Cc2cc3c(C)cc(C)cc3[nH]c2=O)CC2CCCO2)c1. The number of aryl methyl sites for hydroxylation is 2. The highest BCUT2D eigenvalue weighted by molar-refractivity contribution is 7.89. The average molecular weight is 469 g/mol. The molecule has 0 amide bonds. The van der Waals surface area contributed by atoms with Gasteiger partial charge in [-0.05, 0) is 69.0 Å². The van der Waals surface area contributed by atoms with E-state index in [2.05, 4.69) is 4.98 Å². The van der Waals surface area contributed by atoms with Gasteiger partial charge in [-0.25, -0.2) is 8.42 Å². The van der Waals surface area contributed by atoms with Crippen molar-refractivity contribution >= 4 is 26.7 Å². The minimum Gasteiger partial charge on any atom is -0.377 e. The molecule has 4 rings (SSSR count). The van der Waals surface area contributed by atoms with Crippen molar-refractivity contribution in [3.63, 3.8) is 0 Å². The number of nitrogens with one attached hydrogen (secondary N) is 1. The van der Waals surface area contributed by atoms with Crippen molar-refractivity contribution in [1.82, 2.24) is 9.29 Å². The maximum atomic E-state index is 13.6. The zero-order chi connectivity index (χ0) is 23.8. The van der Waals surface area contributed by atoms with Gasteiger partial charge in [-0.2, -0.15) is 4.31 Å². The van der Waals surface area contributed by atoms with Crippen LogP contribution in [0.2, 0.25) is 0 Å². The molecule has 1 N–H and O–H groups in total. The molecule has 1 aliphatic rings. The highest BCUT2D eigenvalue weighted by Crippen LogP contribution is 2.24. The van der Waals surface area contributed by atoms with Crippen LogP contribution in [0, 0.1) is 13.8 Å². The van der Waals surface area contributed by atoms with Crippen LogP contribution in [-0.2, 0) is 21.3 Å². The van der Waals surface area contributed by atoms with Gasteiger partial charge in [-0.1, -0.05) is 18.2 Å². The smallest absolute Gasteiger partial charge is 0.252 e. The second-order valence-corrected chi connectivity index (χ2v) is 10.6. The van der Waals surface area contributed by atoms with E-state index in [0.29, 0.717) is 17.7 Å². The van der Waals surface area contributed by atoms with Gasteiger partial charge in [0.15, 0.2) is 5.78 Å². The lowest BCUT2D eigenvalue weighted by Gasteiger charge is -2.25. The van der Waals surface area contributed by atoms with Crippen LogP contribution >= 0.6 is 0 Å². The summed E-state index contributed by atoms with van der Waals surface area (Å²) in [5, 5.41) is 0.878. The summed E-state index contributed by atoms with van der Waals surface area (Å²) in [6.45, 7) is 5.96. The number of pyridine rings is 1. The number of Topliss-reactive ketones (excluding diaryl/α,β-unsaturated/α-hetero) is 1. The number of benzene rings is 2. The zero-order valence-electron chi connectivity index (χ0n) is 19.1. The van der Waals surface area contributed by atoms with Gasteiger partial charge in [-0.3, -0.25) is 9.59 Å². The molecule has 0 radical (unpaired) electrons. The number of hydrogen-bond donors (Lipinski definition) is 1. The summed E-state index contributed by atoms with van der Waals surface area (Å²) < 4.78 is 34.3. The molecule has 1 aliphatic heterocycles. The number of carbonyl (C=O) groups excluding carboxylic acids is 1. The molecule has 0 aliphatic carbocycles. The number of carbonyl (C=O) groups is 1. The van der Waals surface area contributed by atoms with E-state index in [1.807, 2.05) is 26.0 Å². The first-order valence-corrected chi connectivity index (χ1v) is 12.4. The largest absolute Gasteiger partial charge is 0.377 e.